The summed E-state index contributed by atoms with van der Waals surface area (Å²) in [4.78, 5) is 37.6. The van der Waals surface area contributed by atoms with Gasteiger partial charge in [-0.3, -0.25) is 9.59 Å². The minimum absolute atomic E-state index is 0.184. The van der Waals surface area contributed by atoms with Crippen molar-refractivity contribution >= 4 is 17.9 Å². The monoisotopic (exact) mass is 1160 g/mol. The first kappa shape index (κ1) is 79.0. The van der Waals surface area contributed by atoms with E-state index in [1.165, 1.54) is 167 Å². The standard InChI is InChI=1S/C74H127NO8/c1-6-8-10-12-14-16-18-20-22-24-26-27-28-29-30-31-32-33-34-35-36-37-38-39-40-41-42-43-44-45-47-49-51-53-55-57-59-61-63-65-72(77)83-70(69-82-74(73(78)79)80-67-66-75(3,4)5)68-81-71(76)64-62-60-58-56-54-52-50-48-46-25-23-21-19-17-15-13-11-9-7-2/h8,10,14,16,20-23,26-27,29-30,32-33,35-36,38-39,70,74H,6-7,9,11-13,15,17-19,24-25,28,31,34,37,40-69H2,1-5H3/p+1/b10-8-,16-14-,22-20-,23-21-,27-26-,30-29-,33-32-,36-35-,39-38-. The van der Waals surface area contributed by atoms with Gasteiger partial charge in [0.25, 0.3) is 6.29 Å². The number of esters is 2. The number of nitrogens with zero attached hydrogens (tertiary/aromatic N) is 1. The van der Waals surface area contributed by atoms with Gasteiger partial charge in [0, 0.05) is 12.8 Å². The predicted octanol–water partition coefficient (Wildman–Crippen LogP) is 21.0. The van der Waals surface area contributed by atoms with Gasteiger partial charge in [-0.25, -0.2) is 4.79 Å². The molecule has 0 spiro atoms. The molecular formula is C74H128NO8+. The van der Waals surface area contributed by atoms with E-state index in [0.717, 1.165) is 89.9 Å². The summed E-state index contributed by atoms with van der Waals surface area (Å²) in [5.74, 6) is -2.00. The van der Waals surface area contributed by atoms with Gasteiger partial charge in [0.2, 0.25) is 0 Å². The van der Waals surface area contributed by atoms with E-state index in [9.17, 15) is 19.5 Å². The molecule has 0 radical (unpaired) electrons. The molecule has 0 aromatic carbocycles. The Morgan fingerprint density at radius 1 is 0.373 bits per heavy atom. The Hall–Kier alpha value is -4.05. The highest BCUT2D eigenvalue weighted by Gasteiger charge is 2.25. The van der Waals surface area contributed by atoms with Crippen LogP contribution in [0.1, 0.15) is 284 Å². The zero-order chi connectivity index (χ0) is 60.5. The van der Waals surface area contributed by atoms with Crippen LogP contribution in [0.2, 0.25) is 0 Å². The number of allylic oxidation sites excluding steroid dienone is 18. The molecule has 0 saturated heterocycles. The first-order valence-electron chi connectivity index (χ1n) is 34.1. The smallest absolute Gasteiger partial charge is 0.361 e. The Kier molecular flexibility index (Phi) is 60.8. The predicted molar refractivity (Wildman–Crippen MR) is 355 cm³/mol. The summed E-state index contributed by atoms with van der Waals surface area (Å²) in [6.07, 6.45) is 86.2. The van der Waals surface area contributed by atoms with E-state index < -0.39 is 24.3 Å². The number of hydrogen-bond donors (Lipinski definition) is 1. The van der Waals surface area contributed by atoms with Gasteiger partial charge in [-0.15, -0.1) is 0 Å². The lowest BCUT2D eigenvalue weighted by Gasteiger charge is -2.25. The van der Waals surface area contributed by atoms with Gasteiger partial charge in [0.15, 0.2) is 6.10 Å². The molecule has 0 aromatic rings. The molecule has 0 aliphatic carbocycles. The van der Waals surface area contributed by atoms with Gasteiger partial charge < -0.3 is 28.5 Å². The highest BCUT2D eigenvalue weighted by molar-refractivity contribution is 5.71. The number of carboxylic acid groups (broad SMARTS) is 1. The van der Waals surface area contributed by atoms with Crippen molar-refractivity contribution in [3.8, 4) is 0 Å². The number of aliphatic carboxylic acids is 1. The molecule has 83 heavy (non-hydrogen) atoms. The van der Waals surface area contributed by atoms with Crippen LogP contribution in [0.5, 0.6) is 0 Å². The molecule has 9 nitrogen and oxygen atoms in total. The lowest BCUT2D eigenvalue weighted by Crippen LogP contribution is -2.40. The molecule has 476 valence electrons. The third-order valence-electron chi connectivity index (χ3n) is 14.5. The number of unbranched alkanes of at least 4 members (excludes halogenated alkanes) is 29. The van der Waals surface area contributed by atoms with Crippen LogP contribution in [0, 0.1) is 0 Å². The van der Waals surface area contributed by atoms with E-state index in [1.807, 2.05) is 21.1 Å². The normalized spacial score (nSPS) is 13.4. The zero-order valence-corrected chi connectivity index (χ0v) is 54.3. The van der Waals surface area contributed by atoms with Gasteiger partial charge >= 0.3 is 17.9 Å². The largest absolute Gasteiger partial charge is 0.477 e. The Morgan fingerprint density at radius 3 is 1.04 bits per heavy atom. The van der Waals surface area contributed by atoms with Gasteiger partial charge in [-0.1, -0.05) is 277 Å². The quantitative estimate of drug-likeness (QED) is 0.0211. The first-order valence-corrected chi connectivity index (χ1v) is 34.1. The van der Waals surface area contributed by atoms with E-state index in [1.54, 1.807) is 0 Å². The summed E-state index contributed by atoms with van der Waals surface area (Å²) in [7, 11) is 5.97. The number of quaternary nitrogens is 1. The van der Waals surface area contributed by atoms with Crippen LogP contribution in [0.25, 0.3) is 0 Å². The summed E-state index contributed by atoms with van der Waals surface area (Å²) in [5, 5.41) is 9.73. The van der Waals surface area contributed by atoms with E-state index >= 15 is 0 Å². The van der Waals surface area contributed by atoms with Crippen molar-refractivity contribution < 1.29 is 42.9 Å². The fourth-order valence-corrected chi connectivity index (χ4v) is 9.32. The van der Waals surface area contributed by atoms with Crippen LogP contribution < -0.4 is 0 Å². The Bertz CT molecular complexity index is 1730. The molecule has 2 unspecified atom stereocenters. The summed E-state index contributed by atoms with van der Waals surface area (Å²) < 4.78 is 22.9. The minimum Gasteiger partial charge on any atom is -0.477 e. The van der Waals surface area contributed by atoms with E-state index in [-0.39, 0.29) is 32.2 Å². The maximum Gasteiger partial charge on any atom is 0.361 e. The summed E-state index contributed by atoms with van der Waals surface area (Å²) in [6.45, 7) is 4.77. The van der Waals surface area contributed by atoms with E-state index in [2.05, 4.69) is 123 Å². The molecule has 0 aliphatic heterocycles. The van der Waals surface area contributed by atoms with Crippen molar-refractivity contribution in [3.05, 3.63) is 109 Å². The second kappa shape index (κ2) is 64.0. The lowest BCUT2D eigenvalue weighted by atomic mass is 10.0. The first-order chi connectivity index (χ1) is 40.6. The van der Waals surface area contributed by atoms with Crippen molar-refractivity contribution in [2.24, 2.45) is 0 Å². The van der Waals surface area contributed by atoms with Crippen molar-refractivity contribution in [3.63, 3.8) is 0 Å². The fourth-order valence-electron chi connectivity index (χ4n) is 9.32. The van der Waals surface area contributed by atoms with E-state index in [0.29, 0.717) is 17.4 Å². The topological polar surface area (TPSA) is 108 Å². The maximum atomic E-state index is 12.9. The SMILES string of the molecule is CC/C=C\C/C=C\C/C=C\C/C=C\C/C=C\C/C=C\C/C=C\C/C=C\CCCCCCCCCCCCCCCCC(=O)OC(COC(=O)CCCCCCCCCCC/C=C\CCCCCCCC)COC(OCC[N+](C)(C)C)C(=O)O. The lowest BCUT2D eigenvalue weighted by molar-refractivity contribution is -0.870. The average molecular weight is 1160 g/mol. The van der Waals surface area contributed by atoms with Gasteiger partial charge in [0.05, 0.1) is 34.4 Å². The third-order valence-corrected chi connectivity index (χ3v) is 14.5. The summed E-state index contributed by atoms with van der Waals surface area (Å²) in [5.41, 5.74) is 0. The maximum absolute atomic E-state index is 12.9. The molecule has 0 rings (SSSR count). The highest BCUT2D eigenvalue weighted by atomic mass is 16.7. The third kappa shape index (κ3) is 65.3. The van der Waals surface area contributed by atoms with Crippen LogP contribution in [-0.2, 0) is 33.3 Å². The Labute approximate surface area is 511 Å². The molecule has 0 bridgehead atoms. The average Bonchev–Trinajstić information content (AvgIpc) is 3.46. The molecule has 1 N–H and O–H groups in total. The molecule has 0 fully saturated rings. The molecule has 0 aliphatic rings. The van der Waals surface area contributed by atoms with Crippen LogP contribution in [-0.4, -0.2) is 87.4 Å². The van der Waals surface area contributed by atoms with E-state index in [4.69, 9.17) is 18.9 Å². The fraction of sp³-hybridized carbons (Fsp3) is 0.716. The Balaban J connectivity index is 4.10. The molecule has 0 amide bonds. The molecule has 0 aromatic heterocycles. The zero-order valence-electron chi connectivity index (χ0n) is 54.3. The van der Waals surface area contributed by atoms with Crippen molar-refractivity contribution in [1.82, 2.24) is 0 Å². The number of hydrogen-bond acceptors (Lipinski definition) is 7. The van der Waals surface area contributed by atoms with Gasteiger partial charge in [-0.05, 0) is 103 Å². The van der Waals surface area contributed by atoms with Crippen molar-refractivity contribution in [2.75, 3.05) is 47.5 Å². The molecular weight excluding hydrogens is 1030 g/mol. The van der Waals surface area contributed by atoms with Crippen LogP contribution in [0.4, 0.5) is 0 Å². The highest BCUT2D eigenvalue weighted by Crippen LogP contribution is 2.17. The number of carbonyl (C=O) groups excluding carboxylic acids is 2. The molecule has 0 saturated carbocycles. The second-order valence-electron chi connectivity index (χ2n) is 23.7. The van der Waals surface area contributed by atoms with Crippen molar-refractivity contribution in [1.29, 1.82) is 0 Å². The van der Waals surface area contributed by atoms with Gasteiger partial charge in [0.1, 0.15) is 13.2 Å². The van der Waals surface area contributed by atoms with Crippen molar-refractivity contribution in [2.45, 2.75) is 296 Å². The van der Waals surface area contributed by atoms with Crippen LogP contribution in [0.3, 0.4) is 0 Å². The number of carbonyl (C=O) groups is 3. The minimum atomic E-state index is -1.51. The number of ether oxygens (including phenoxy) is 4. The molecule has 2 atom stereocenters. The molecule has 9 heteroatoms. The van der Waals surface area contributed by atoms with Crippen LogP contribution in [0.15, 0.2) is 109 Å². The molecule has 0 heterocycles. The summed E-state index contributed by atoms with van der Waals surface area (Å²) >= 11 is 0. The summed E-state index contributed by atoms with van der Waals surface area (Å²) in [6, 6.07) is 0. The number of carboxylic acids is 1. The Morgan fingerprint density at radius 2 is 0.687 bits per heavy atom. The van der Waals surface area contributed by atoms with Crippen LogP contribution >= 0.6 is 0 Å². The number of rotatable bonds is 62. The van der Waals surface area contributed by atoms with Gasteiger partial charge in [-0.2, -0.15) is 0 Å². The number of likely N-dealkylation sites (N-methyl/N-ethyl adjacent to an activating group) is 1. The second-order valence-corrected chi connectivity index (χ2v) is 23.7.